The molecule has 0 spiro atoms. The minimum Gasteiger partial charge on any atom is -0.387 e. The van der Waals surface area contributed by atoms with Gasteiger partial charge in [0.25, 0.3) is 0 Å². The van der Waals surface area contributed by atoms with Gasteiger partial charge in [-0.15, -0.1) is 0 Å². The van der Waals surface area contributed by atoms with Gasteiger partial charge in [-0.1, -0.05) is 78.9 Å². The second-order valence-corrected chi connectivity index (χ2v) is 9.23. The first-order valence-electron chi connectivity index (χ1n) is 10.5. The maximum Gasteiger partial charge on any atom is 0.240 e. The van der Waals surface area contributed by atoms with E-state index in [9.17, 15) is 18.6 Å². The molecule has 0 bridgehead atoms. The molecule has 4 N–H and O–H groups in total. The van der Waals surface area contributed by atoms with Crippen LogP contribution in [0, 0.1) is 0 Å². The highest BCUT2D eigenvalue weighted by Gasteiger charge is 2.23. The van der Waals surface area contributed by atoms with Crippen molar-refractivity contribution in [1.29, 1.82) is 0 Å². The molecule has 6 nitrogen and oxygen atoms in total. The molecule has 0 fully saturated rings. The lowest BCUT2D eigenvalue weighted by Gasteiger charge is -2.20. The molecule has 7 heteroatoms. The molecule has 3 aromatic rings. The summed E-state index contributed by atoms with van der Waals surface area (Å²) in [5.74, 6) is 0. The largest absolute Gasteiger partial charge is 0.387 e. The fourth-order valence-corrected chi connectivity index (χ4v) is 4.28. The minimum absolute atomic E-state index is 0.0902. The molecule has 32 heavy (non-hydrogen) atoms. The molecule has 0 aliphatic carbocycles. The Hall–Kier alpha value is -2.55. The fraction of sp³-hybridized carbons (Fsp3) is 0.280. The summed E-state index contributed by atoms with van der Waals surface area (Å²) in [5, 5.41) is 22.9. The topological polar surface area (TPSA) is 98.7 Å². The summed E-state index contributed by atoms with van der Waals surface area (Å²) in [6.07, 6.45) is -1.31. The molecule has 0 saturated heterocycles. The highest BCUT2D eigenvalue weighted by molar-refractivity contribution is 7.89. The summed E-state index contributed by atoms with van der Waals surface area (Å²) in [6, 6.07) is 26.2. The summed E-state index contributed by atoms with van der Waals surface area (Å²) >= 11 is 0. The van der Waals surface area contributed by atoms with Crippen molar-refractivity contribution in [2.24, 2.45) is 0 Å². The van der Waals surface area contributed by atoms with Crippen LogP contribution in [0.5, 0.6) is 0 Å². The quantitative estimate of drug-likeness (QED) is 0.416. The standard InChI is InChI=1S/C15H17NO3S.C10H15NO/c1-12(15(17)13-8-4-2-5-9-13)16-20(18,19)14-10-6-3-7-11-14;1-8(11-2)10(12)9-6-4-3-5-7-9/h2-12,15-17H,1H3;3-8,10-12H,1-2H3. The van der Waals surface area contributed by atoms with Crippen LogP contribution in [0.15, 0.2) is 95.9 Å². The van der Waals surface area contributed by atoms with Gasteiger partial charge >= 0.3 is 0 Å². The average molecular weight is 457 g/mol. The van der Waals surface area contributed by atoms with Crippen molar-refractivity contribution in [2.45, 2.75) is 43.0 Å². The number of hydrogen-bond donors (Lipinski definition) is 4. The zero-order valence-corrected chi connectivity index (χ0v) is 19.4. The SMILES string of the molecule is CC(NS(=O)(=O)c1ccccc1)C(O)c1ccccc1.CNC(C)C(O)c1ccccc1. The van der Waals surface area contributed by atoms with Crippen molar-refractivity contribution in [1.82, 2.24) is 10.0 Å². The van der Waals surface area contributed by atoms with Crippen molar-refractivity contribution in [3.8, 4) is 0 Å². The number of sulfonamides is 1. The maximum atomic E-state index is 12.2. The number of rotatable bonds is 8. The Labute approximate surface area is 191 Å². The van der Waals surface area contributed by atoms with E-state index in [1.165, 1.54) is 12.1 Å². The molecule has 0 saturated carbocycles. The predicted octanol–water partition coefficient (Wildman–Crippen LogP) is 3.41. The zero-order valence-electron chi connectivity index (χ0n) is 18.6. The first-order chi connectivity index (χ1) is 15.3. The molecule has 3 rings (SSSR count). The molecule has 0 aliphatic rings. The molecule has 0 amide bonds. The van der Waals surface area contributed by atoms with Crippen LogP contribution in [0.2, 0.25) is 0 Å². The Morgan fingerprint density at radius 3 is 1.44 bits per heavy atom. The first-order valence-corrected chi connectivity index (χ1v) is 11.9. The molecule has 0 heterocycles. The van der Waals surface area contributed by atoms with Gasteiger partial charge in [0.1, 0.15) is 0 Å². The minimum atomic E-state index is -3.62. The summed E-state index contributed by atoms with van der Waals surface area (Å²) in [7, 11) is -1.78. The smallest absolute Gasteiger partial charge is 0.240 e. The Balaban J connectivity index is 0.000000258. The van der Waals surface area contributed by atoms with Crippen molar-refractivity contribution in [2.75, 3.05) is 7.05 Å². The van der Waals surface area contributed by atoms with Gasteiger partial charge in [0.15, 0.2) is 0 Å². The summed E-state index contributed by atoms with van der Waals surface area (Å²) in [4.78, 5) is 0.187. The second kappa shape index (κ2) is 12.5. The summed E-state index contributed by atoms with van der Waals surface area (Å²) in [6.45, 7) is 3.59. The predicted molar refractivity (Wildman–Crippen MR) is 128 cm³/mol. The lowest BCUT2D eigenvalue weighted by Crippen LogP contribution is -2.37. The molecule has 172 valence electrons. The van der Waals surface area contributed by atoms with Crippen LogP contribution >= 0.6 is 0 Å². The number of aliphatic hydroxyl groups excluding tert-OH is 2. The van der Waals surface area contributed by atoms with Crippen molar-refractivity contribution < 1.29 is 18.6 Å². The number of likely N-dealkylation sites (N-methyl/N-ethyl adjacent to an activating group) is 1. The molecule has 0 radical (unpaired) electrons. The van der Waals surface area contributed by atoms with Gasteiger partial charge in [0, 0.05) is 12.1 Å². The number of nitrogens with one attached hydrogen (secondary N) is 2. The van der Waals surface area contributed by atoms with Crippen LogP contribution in [-0.2, 0) is 10.0 Å². The van der Waals surface area contributed by atoms with Gasteiger partial charge in [0.2, 0.25) is 10.0 Å². The van der Waals surface area contributed by atoms with E-state index >= 15 is 0 Å². The van der Waals surface area contributed by atoms with Crippen molar-refractivity contribution >= 4 is 10.0 Å². The third-order valence-corrected chi connectivity index (χ3v) is 6.65. The average Bonchev–Trinajstić information content (AvgIpc) is 2.84. The highest BCUT2D eigenvalue weighted by atomic mass is 32.2. The lowest BCUT2D eigenvalue weighted by atomic mass is 10.0. The van der Waals surface area contributed by atoms with Gasteiger partial charge in [-0.05, 0) is 44.2 Å². The van der Waals surface area contributed by atoms with Crippen molar-refractivity contribution in [3.05, 3.63) is 102 Å². The van der Waals surface area contributed by atoms with E-state index in [4.69, 9.17) is 0 Å². The van der Waals surface area contributed by atoms with Gasteiger partial charge in [-0.2, -0.15) is 0 Å². The van der Waals surface area contributed by atoms with E-state index in [0.29, 0.717) is 5.56 Å². The van der Waals surface area contributed by atoms with Crippen LogP contribution in [0.25, 0.3) is 0 Å². The third-order valence-electron chi connectivity index (χ3n) is 5.08. The van der Waals surface area contributed by atoms with E-state index in [2.05, 4.69) is 10.0 Å². The summed E-state index contributed by atoms with van der Waals surface area (Å²) in [5.41, 5.74) is 1.63. The molecule has 4 unspecified atom stereocenters. The molecule has 0 aromatic heterocycles. The molecule has 3 aromatic carbocycles. The Morgan fingerprint density at radius 1 is 0.656 bits per heavy atom. The van der Waals surface area contributed by atoms with E-state index in [1.54, 1.807) is 49.4 Å². The van der Waals surface area contributed by atoms with Gasteiger partial charge < -0.3 is 15.5 Å². The molecule has 0 aliphatic heterocycles. The van der Waals surface area contributed by atoms with Crippen LogP contribution in [-0.4, -0.2) is 37.8 Å². The first kappa shape index (κ1) is 25.7. The summed E-state index contributed by atoms with van der Waals surface area (Å²) < 4.78 is 26.8. The van der Waals surface area contributed by atoms with E-state index in [0.717, 1.165) is 5.56 Å². The highest BCUT2D eigenvalue weighted by Crippen LogP contribution is 2.18. The van der Waals surface area contributed by atoms with E-state index < -0.39 is 28.3 Å². The van der Waals surface area contributed by atoms with Crippen LogP contribution in [0.4, 0.5) is 0 Å². The maximum absolute atomic E-state index is 12.2. The zero-order chi connectivity index (χ0) is 23.6. The third kappa shape index (κ3) is 7.55. The monoisotopic (exact) mass is 456 g/mol. The molecular formula is C25H32N2O4S. The molecular weight excluding hydrogens is 424 g/mol. The Morgan fingerprint density at radius 2 is 1.03 bits per heavy atom. The number of benzene rings is 3. The number of aliphatic hydroxyl groups is 2. The normalized spacial score (nSPS) is 15.0. The lowest BCUT2D eigenvalue weighted by molar-refractivity contribution is 0.140. The second-order valence-electron chi connectivity index (χ2n) is 7.51. The van der Waals surface area contributed by atoms with Crippen molar-refractivity contribution in [3.63, 3.8) is 0 Å². The number of hydrogen-bond acceptors (Lipinski definition) is 5. The fourth-order valence-electron chi connectivity index (χ4n) is 3.01. The van der Waals surface area contributed by atoms with Crippen LogP contribution in [0.1, 0.15) is 37.2 Å². The van der Waals surface area contributed by atoms with Crippen LogP contribution in [0.3, 0.4) is 0 Å². The Bertz CT molecular complexity index is 1020. The van der Waals surface area contributed by atoms with Crippen LogP contribution < -0.4 is 10.0 Å². The molecule has 4 atom stereocenters. The Kier molecular flexibility index (Phi) is 10.0. The van der Waals surface area contributed by atoms with Gasteiger partial charge in [-0.3, -0.25) is 0 Å². The van der Waals surface area contributed by atoms with Gasteiger partial charge in [-0.25, -0.2) is 13.1 Å². The van der Waals surface area contributed by atoms with E-state index in [1.807, 2.05) is 50.4 Å². The van der Waals surface area contributed by atoms with E-state index in [-0.39, 0.29) is 10.9 Å². The van der Waals surface area contributed by atoms with Gasteiger partial charge in [0.05, 0.1) is 17.1 Å².